The zero-order valence-corrected chi connectivity index (χ0v) is 15.8. The van der Waals surface area contributed by atoms with Gasteiger partial charge in [-0.3, -0.25) is 4.79 Å². The zero-order valence-electron chi connectivity index (χ0n) is 15.8. The van der Waals surface area contributed by atoms with Crippen molar-refractivity contribution in [1.29, 1.82) is 0 Å². The highest BCUT2D eigenvalue weighted by Gasteiger charge is 2.20. The number of ether oxygens (including phenoxy) is 1. The van der Waals surface area contributed by atoms with Crippen molar-refractivity contribution in [3.05, 3.63) is 102 Å². The van der Waals surface area contributed by atoms with E-state index in [2.05, 4.69) is 5.10 Å². The number of aryl methyl sites for hydroxylation is 1. The van der Waals surface area contributed by atoms with Gasteiger partial charge in [-0.25, -0.2) is 4.68 Å². The minimum absolute atomic E-state index is 0.118. The van der Waals surface area contributed by atoms with Gasteiger partial charge in [-0.15, -0.1) is 0 Å². The van der Waals surface area contributed by atoms with Gasteiger partial charge in [-0.1, -0.05) is 48.0 Å². The molecule has 0 saturated carbocycles. The van der Waals surface area contributed by atoms with Gasteiger partial charge >= 0.3 is 0 Å². The van der Waals surface area contributed by atoms with Crippen molar-refractivity contribution in [2.45, 2.75) is 6.92 Å². The minimum Gasteiger partial charge on any atom is -0.497 e. The molecule has 0 aliphatic carbocycles. The van der Waals surface area contributed by atoms with E-state index in [1.165, 1.54) is 5.56 Å². The molecule has 138 valence electrons. The topological polar surface area (TPSA) is 44.1 Å². The lowest BCUT2D eigenvalue weighted by Crippen LogP contribution is -2.05. The number of methoxy groups -OCH3 is 1. The van der Waals surface area contributed by atoms with E-state index in [4.69, 9.17) is 4.74 Å². The Hall–Kier alpha value is -3.66. The average Bonchev–Trinajstić information content (AvgIpc) is 3.20. The summed E-state index contributed by atoms with van der Waals surface area (Å²) >= 11 is 0. The summed E-state index contributed by atoms with van der Waals surface area (Å²) < 4.78 is 6.95. The molecule has 0 amide bonds. The van der Waals surface area contributed by atoms with Crippen LogP contribution in [0.15, 0.2) is 85.1 Å². The van der Waals surface area contributed by atoms with E-state index >= 15 is 0 Å². The standard InChI is InChI=1S/C24H20N2O2/c1-17-8-12-20(13-9-17)26-16-22(18-6-4-3-5-7-18)23(25-26)24(27)19-10-14-21(28-2)15-11-19/h3-16H,1-2H3. The van der Waals surface area contributed by atoms with Gasteiger partial charge in [0, 0.05) is 17.3 Å². The summed E-state index contributed by atoms with van der Waals surface area (Å²) in [5.41, 5.74) is 4.86. The van der Waals surface area contributed by atoms with Crippen LogP contribution in [0.4, 0.5) is 0 Å². The van der Waals surface area contributed by atoms with Gasteiger partial charge in [0.15, 0.2) is 0 Å². The number of hydrogen-bond donors (Lipinski definition) is 0. The maximum atomic E-state index is 13.2. The van der Waals surface area contributed by atoms with Gasteiger partial charge in [-0.2, -0.15) is 5.10 Å². The molecular weight excluding hydrogens is 348 g/mol. The molecular formula is C24H20N2O2. The highest BCUT2D eigenvalue weighted by atomic mass is 16.5. The van der Waals surface area contributed by atoms with Crippen LogP contribution in [0.3, 0.4) is 0 Å². The molecule has 1 heterocycles. The third kappa shape index (κ3) is 3.45. The van der Waals surface area contributed by atoms with E-state index in [1.807, 2.05) is 67.7 Å². The van der Waals surface area contributed by atoms with Crippen LogP contribution in [-0.4, -0.2) is 22.7 Å². The highest BCUT2D eigenvalue weighted by Crippen LogP contribution is 2.27. The molecule has 0 aliphatic heterocycles. The first-order valence-corrected chi connectivity index (χ1v) is 9.06. The van der Waals surface area contributed by atoms with E-state index < -0.39 is 0 Å². The van der Waals surface area contributed by atoms with Crippen molar-refractivity contribution in [3.8, 4) is 22.6 Å². The number of nitrogens with zero attached hydrogens (tertiary/aromatic N) is 2. The van der Waals surface area contributed by atoms with Crippen molar-refractivity contribution in [2.24, 2.45) is 0 Å². The summed E-state index contributed by atoms with van der Waals surface area (Å²) in [5.74, 6) is 0.595. The maximum Gasteiger partial charge on any atom is 0.213 e. The van der Waals surface area contributed by atoms with E-state index in [0.717, 1.165) is 16.8 Å². The maximum absolute atomic E-state index is 13.2. The van der Waals surface area contributed by atoms with Crippen molar-refractivity contribution >= 4 is 5.78 Å². The van der Waals surface area contributed by atoms with Crippen LogP contribution < -0.4 is 4.74 Å². The molecule has 28 heavy (non-hydrogen) atoms. The van der Waals surface area contributed by atoms with Crippen LogP contribution in [0.5, 0.6) is 5.75 Å². The summed E-state index contributed by atoms with van der Waals surface area (Å²) in [4.78, 5) is 13.2. The van der Waals surface area contributed by atoms with Crippen molar-refractivity contribution in [3.63, 3.8) is 0 Å². The fraction of sp³-hybridized carbons (Fsp3) is 0.0833. The minimum atomic E-state index is -0.118. The number of benzene rings is 3. The molecule has 0 fully saturated rings. The lowest BCUT2D eigenvalue weighted by Gasteiger charge is -2.04. The van der Waals surface area contributed by atoms with E-state index in [1.54, 1.807) is 36.1 Å². The SMILES string of the molecule is COc1ccc(C(=O)c2nn(-c3ccc(C)cc3)cc2-c2ccccc2)cc1. The Balaban J connectivity index is 1.82. The van der Waals surface area contributed by atoms with Crippen molar-refractivity contribution < 1.29 is 9.53 Å². The molecule has 4 rings (SSSR count). The fourth-order valence-corrected chi connectivity index (χ4v) is 3.08. The van der Waals surface area contributed by atoms with Gasteiger partial charge in [0.05, 0.1) is 12.8 Å². The molecule has 0 bridgehead atoms. The van der Waals surface area contributed by atoms with Gasteiger partial charge < -0.3 is 4.74 Å². The largest absolute Gasteiger partial charge is 0.497 e. The van der Waals surface area contributed by atoms with E-state index in [-0.39, 0.29) is 5.78 Å². The highest BCUT2D eigenvalue weighted by molar-refractivity contribution is 6.11. The Morgan fingerprint density at radius 3 is 2.21 bits per heavy atom. The van der Waals surface area contributed by atoms with Crippen LogP contribution in [0, 0.1) is 6.92 Å². The first-order valence-electron chi connectivity index (χ1n) is 9.06. The third-order valence-corrected chi connectivity index (χ3v) is 4.66. The van der Waals surface area contributed by atoms with E-state index in [9.17, 15) is 4.79 Å². The molecule has 1 aromatic heterocycles. The van der Waals surface area contributed by atoms with Gasteiger partial charge in [0.1, 0.15) is 11.4 Å². The monoisotopic (exact) mass is 368 g/mol. The summed E-state index contributed by atoms with van der Waals surface area (Å²) in [5, 5.41) is 4.64. The van der Waals surface area contributed by atoms with Crippen LogP contribution in [-0.2, 0) is 0 Å². The first-order chi connectivity index (χ1) is 13.7. The summed E-state index contributed by atoms with van der Waals surface area (Å²) in [6.45, 7) is 2.04. The van der Waals surface area contributed by atoms with Crippen molar-refractivity contribution in [2.75, 3.05) is 7.11 Å². The van der Waals surface area contributed by atoms with Crippen LogP contribution in [0.25, 0.3) is 16.8 Å². The number of carbonyl (C=O) groups excluding carboxylic acids is 1. The molecule has 0 N–H and O–H groups in total. The molecule has 3 aromatic carbocycles. The number of hydrogen-bond acceptors (Lipinski definition) is 3. The molecule has 4 heteroatoms. The Morgan fingerprint density at radius 2 is 1.57 bits per heavy atom. The predicted molar refractivity (Wildman–Crippen MR) is 110 cm³/mol. The second-order valence-corrected chi connectivity index (χ2v) is 6.60. The number of carbonyl (C=O) groups is 1. The third-order valence-electron chi connectivity index (χ3n) is 4.66. The smallest absolute Gasteiger partial charge is 0.213 e. The van der Waals surface area contributed by atoms with Crippen LogP contribution >= 0.6 is 0 Å². The first kappa shape index (κ1) is 17.7. The average molecular weight is 368 g/mol. The van der Waals surface area contributed by atoms with Crippen LogP contribution in [0.1, 0.15) is 21.6 Å². The molecule has 4 aromatic rings. The molecule has 0 radical (unpaired) electrons. The number of rotatable bonds is 5. The quantitative estimate of drug-likeness (QED) is 0.461. The lowest BCUT2D eigenvalue weighted by atomic mass is 10.0. The van der Waals surface area contributed by atoms with Gasteiger partial charge in [0.25, 0.3) is 0 Å². The molecule has 0 unspecified atom stereocenters. The summed E-state index contributed by atoms with van der Waals surface area (Å²) in [7, 11) is 1.60. The Bertz CT molecular complexity index is 1100. The van der Waals surface area contributed by atoms with Gasteiger partial charge in [0.2, 0.25) is 5.78 Å². The number of ketones is 1. The molecule has 4 nitrogen and oxygen atoms in total. The Kier molecular flexibility index (Phi) is 4.77. The second-order valence-electron chi connectivity index (χ2n) is 6.60. The lowest BCUT2D eigenvalue weighted by molar-refractivity contribution is 0.103. The van der Waals surface area contributed by atoms with E-state index in [0.29, 0.717) is 17.0 Å². The molecule has 0 atom stereocenters. The zero-order chi connectivity index (χ0) is 19.5. The Morgan fingerprint density at radius 1 is 0.893 bits per heavy atom. The normalized spacial score (nSPS) is 10.6. The predicted octanol–water partition coefficient (Wildman–Crippen LogP) is 5.09. The molecule has 0 aliphatic rings. The van der Waals surface area contributed by atoms with Gasteiger partial charge in [-0.05, 0) is 48.9 Å². The Labute approximate surface area is 164 Å². The second kappa shape index (κ2) is 7.53. The van der Waals surface area contributed by atoms with Crippen LogP contribution in [0.2, 0.25) is 0 Å². The number of aromatic nitrogens is 2. The fourth-order valence-electron chi connectivity index (χ4n) is 3.08. The molecule has 0 spiro atoms. The molecule has 0 saturated heterocycles. The van der Waals surface area contributed by atoms with Crippen molar-refractivity contribution in [1.82, 2.24) is 9.78 Å². The summed E-state index contributed by atoms with van der Waals surface area (Å²) in [6.07, 6.45) is 1.91. The summed E-state index contributed by atoms with van der Waals surface area (Å²) in [6, 6.07) is 25.0.